The molecule has 0 aliphatic carbocycles. The molecule has 0 aromatic carbocycles. The zero-order chi connectivity index (χ0) is 6.91. The van der Waals surface area contributed by atoms with Crippen LogP contribution in [-0.2, 0) is 0 Å². The second-order valence-corrected chi connectivity index (χ2v) is 1.32. The van der Waals surface area contributed by atoms with E-state index in [-0.39, 0.29) is 48.9 Å². The topological polar surface area (TPSA) is 119 Å². The summed E-state index contributed by atoms with van der Waals surface area (Å²) >= 11 is 0. The van der Waals surface area contributed by atoms with E-state index in [2.05, 4.69) is 20.7 Å². The molecule has 0 radical (unpaired) electrons. The molecule has 0 bridgehead atoms. The molecule has 2 N–H and O–H groups in total. The summed E-state index contributed by atoms with van der Waals surface area (Å²) in [5, 5.41) is 21.5. The quantitative estimate of drug-likeness (QED) is 0.277. The first-order valence-electron chi connectivity index (χ1n) is 1.92. The van der Waals surface area contributed by atoms with Crippen LogP contribution in [0.2, 0.25) is 0 Å². The van der Waals surface area contributed by atoms with Crippen molar-refractivity contribution in [3.63, 3.8) is 0 Å². The SMILES string of the molecule is NC1([N+](=O)[O-])N=NN=N1.[BaH2]. The average molecular weight is 269 g/mol. The minimum absolute atomic E-state index is 0. The third-order valence-electron chi connectivity index (χ3n) is 0.693. The third kappa shape index (κ3) is 1.81. The maximum atomic E-state index is 9.90. The Morgan fingerprint density at radius 3 is 2.00 bits per heavy atom. The van der Waals surface area contributed by atoms with Gasteiger partial charge in [0.2, 0.25) is 0 Å². The van der Waals surface area contributed by atoms with Gasteiger partial charge in [0.05, 0.1) is 4.92 Å². The van der Waals surface area contributed by atoms with Crippen LogP contribution in [0.25, 0.3) is 0 Å². The molecule has 1 rings (SSSR count). The normalized spacial score (nSPS) is 18.5. The van der Waals surface area contributed by atoms with Gasteiger partial charge in [-0.2, -0.15) is 0 Å². The van der Waals surface area contributed by atoms with E-state index in [1.165, 1.54) is 0 Å². The Bertz CT molecular complexity index is 186. The van der Waals surface area contributed by atoms with Crippen molar-refractivity contribution in [2.75, 3.05) is 0 Å². The number of hydrogen-bond donors (Lipinski definition) is 1. The van der Waals surface area contributed by atoms with Crippen LogP contribution in [-0.4, -0.2) is 59.7 Å². The van der Waals surface area contributed by atoms with Crippen LogP contribution in [0, 0.1) is 10.1 Å². The molecule has 52 valence electrons. The standard InChI is InChI=1S/CH2N6O2.Ba.2H/c2-1(7(8)9)3-5-6-4-1;;;/h2H2;;;. The van der Waals surface area contributed by atoms with Gasteiger partial charge in [0.25, 0.3) is 0 Å². The fourth-order valence-electron chi connectivity index (χ4n) is 0.265. The van der Waals surface area contributed by atoms with Crippen LogP contribution in [0.15, 0.2) is 20.7 Å². The maximum absolute atomic E-state index is 9.90. The van der Waals surface area contributed by atoms with E-state index < -0.39 is 10.8 Å². The van der Waals surface area contributed by atoms with E-state index in [9.17, 15) is 10.1 Å². The van der Waals surface area contributed by atoms with Crippen molar-refractivity contribution in [1.29, 1.82) is 0 Å². The zero-order valence-corrected chi connectivity index (χ0v) is 4.13. The van der Waals surface area contributed by atoms with E-state index in [1.807, 2.05) is 0 Å². The van der Waals surface area contributed by atoms with Crippen LogP contribution in [0.3, 0.4) is 0 Å². The predicted octanol–water partition coefficient (Wildman–Crippen LogP) is -1.25. The second kappa shape index (κ2) is 3.50. The Morgan fingerprint density at radius 1 is 1.40 bits per heavy atom. The molecule has 0 aromatic heterocycles. The van der Waals surface area contributed by atoms with Gasteiger partial charge < -0.3 is 0 Å². The Labute approximate surface area is 95.2 Å². The second-order valence-electron chi connectivity index (χ2n) is 1.32. The summed E-state index contributed by atoms with van der Waals surface area (Å²) in [5.74, 6) is -2.17. The van der Waals surface area contributed by atoms with Gasteiger partial charge in [-0.25, -0.2) is 5.73 Å². The van der Waals surface area contributed by atoms with Gasteiger partial charge in [0.1, 0.15) is 0 Å². The van der Waals surface area contributed by atoms with E-state index in [0.29, 0.717) is 0 Å². The number of nitrogens with zero attached hydrogens (tertiary/aromatic N) is 5. The molecule has 1 heterocycles. The van der Waals surface area contributed by atoms with E-state index in [4.69, 9.17) is 5.73 Å². The van der Waals surface area contributed by atoms with Gasteiger partial charge in [-0.05, 0) is 20.7 Å². The molecule has 0 aromatic rings. The first-order valence-corrected chi connectivity index (χ1v) is 1.92. The monoisotopic (exact) mass is 270 g/mol. The van der Waals surface area contributed by atoms with Crippen LogP contribution in [0.4, 0.5) is 0 Å². The molecule has 0 fully saturated rings. The molecule has 0 saturated carbocycles. The molecule has 8 nitrogen and oxygen atoms in total. The number of rotatable bonds is 1. The van der Waals surface area contributed by atoms with Gasteiger partial charge in [-0.3, -0.25) is 10.1 Å². The van der Waals surface area contributed by atoms with Crippen LogP contribution in [0.5, 0.6) is 0 Å². The molecule has 0 unspecified atom stereocenters. The van der Waals surface area contributed by atoms with Crippen molar-refractivity contribution in [2.45, 2.75) is 5.91 Å². The summed E-state index contributed by atoms with van der Waals surface area (Å²) < 4.78 is 0. The van der Waals surface area contributed by atoms with E-state index in [0.717, 1.165) is 0 Å². The predicted molar refractivity (Wildman–Crippen MR) is 32.2 cm³/mol. The molecule has 1 aliphatic heterocycles. The first-order chi connectivity index (χ1) is 4.15. The molecule has 1 aliphatic rings. The molecule has 0 amide bonds. The molecule has 0 atom stereocenters. The Morgan fingerprint density at radius 2 is 1.80 bits per heavy atom. The van der Waals surface area contributed by atoms with Gasteiger partial charge >= 0.3 is 54.8 Å². The van der Waals surface area contributed by atoms with Crippen molar-refractivity contribution in [2.24, 2.45) is 26.4 Å². The summed E-state index contributed by atoms with van der Waals surface area (Å²) in [4.78, 5) is 9.01. The fraction of sp³-hybridized carbons (Fsp3) is 1.00. The van der Waals surface area contributed by atoms with Crippen LogP contribution < -0.4 is 5.73 Å². The Balaban J connectivity index is 0.000000810. The van der Waals surface area contributed by atoms with Gasteiger partial charge in [0.15, 0.2) is 0 Å². The van der Waals surface area contributed by atoms with Crippen molar-refractivity contribution < 1.29 is 4.92 Å². The zero-order valence-electron chi connectivity index (χ0n) is 4.13. The average Bonchev–Trinajstić information content (AvgIpc) is 2.16. The molecule has 0 spiro atoms. The molecule has 9 heteroatoms. The Kier molecular flexibility index (Phi) is 3.55. The van der Waals surface area contributed by atoms with Crippen molar-refractivity contribution in [3.8, 4) is 0 Å². The molecule has 0 saturated heterocycles. The number of nitrogens with two attached hydrogens (primary N) is 1. The summed E-state index contributed by atoms with van der Waals surface area (Å²) in [6.45, 7) is 0. The molecular weight excluding hydrogens is 265 g/mol. The van der Waals surface area contributed by atoms with Crippen molar-refractivity contribution in [3.05, 3.63) is 10.1 Å². The minimum atomic E-state index is -2.17. The number of nitro groups is 1. The summed E-state index contributed by atoms with van der Waals surface area (Å²) in [6.07, 6.45) is 0. The van der Waals surface area contributed by atoms with Gasteiger partial charge in [-0.1, -0.05) is 0 Å². The summed E-state index contributed by atoms with van der Waals surface area (Å²) in [6, 6.07) is 0. The Hall–Kier alpha value is 0.131. The van der Waals surface area contributed by atoms with Crippen molar-refractivity contribution in [1.82, 2.24) is 0 Å². The van der Waals surface area contributed by atoms with Gasteiger partial charge in [-0.15, -0.1) is 0 Å². The van der Waals surface area contributed by atoms with Crippen molar-refractivity contribution >= 4 is 48.9 Å². The first kappa shape index (κ1) is 10.1. The number of hydrogen-bond acceptors (Lipinski definition) is 7. The molecule has 10 heavy (non-hydrogen) atoms. The third-order valence-corrected chi connectivity index (χ3v) is 0.693. The van der Waals surface area contributed by atoms with Crippen LogP contribution in [0.1, 0.15) is 0 Å². The fourth-order valence-corrected chi connectivity index (χ4v) is 0.265. The summed E-state index contributed by atoms with van der Waals surface area (Å²) in [5.41, 5.74) is 4.88. The van der Waals surface area contributed by atoms with Gasteiger partial charge in [0, 0.05) is 0 Å². The molecular formula is CH4BaN6O2. The van der Waals surface area contributed by atoms with E-state index >= 15 is 0 Å². The van der Waals surface area contributed by atoms with Crippen LogP contribution >= 0.6 is 0 Å². The van der Waals surface area contributed by atoms with E-state index in [1.54, 1.807) is 0 Å². The summed E-state index contributed by atoms with van der Waals surface area (Å²) in [7, 11) is 0.